The largest absolute Gasteiger partial charge is 0.351 e. The van der Waals surface area contributed by atoms with E-state index in [1.54, 1.807) is 11.4 Å². The topological polar surface area (TPSA) is 95.6 Å². The summed E-state index contributed by atoms with van der Waals surface area (Å²) in [5.41, 5.74) is 3.21. The predicted octanol–water partition coefficient (Wildman–Crippen LogP) is 2.72. The highest BCUT2D eigenvalue weighted by molar-refractivity contribution is 7.10. The van der Waals surface area contributed by atoms with Gasteiger partial charge in [0.1, 0.15) is 6.04 Å². The van der Waals surface area contributed by atoms with Gasteiger partial charge in [0.05, 0.1) is 18.5 Å². The Balaban J connectivity index is 1.40. The highest BCUT2D eigenvalue weighted by Gasteiger charge is 2.39. The molecule has 0 radical (unpaired) electrons. The van der Waals surface area contributed by atoms with Crippen LogP contribution in [0.3, 0.4) is 0 Å². The van der Waals surface area contributed by atoms with Crippen molar-refractivity contribution >= 4 is 46.6 Å². The summed E-state index contributed by atoms with van der Waals surface area (Å²) in [6.45, 7) is 2.53. The first-order valence-corrected chi connectivity index (χ1v) is 11.3. The number of nitrogens with one attached hydrogen (secondary N) is 2. The number of amides is 4. The number of thiophene rings is 1. The molecule has 0 bridgehead atoms. The maximum Gasteiger partial charge on any atom is 0.256 e. The molecule has 1 saturated heterocycles. The molecule has 2 aromatic rings. The van der Waals surface area contributed by atoms with Crippen LogP contribution in [0.25, 0.3) is 0 Å². The van der Waals surface area contributed by atoms with Crippen LogP contribution >= 0.6 is 22.9 Å². The van der Waals surface area contributed by atoms with Crippen LogP contribution in [-0.4, -0.2) is 34.6 Å². The molecule has 4 rings (SSSR count). The zero-order chi connectivity index (χ0) is 22.1. The first kappa shape index (κ1) is 21.5. The van der Waals surface area contributed by atoms with Crippen molar-refractivity contribution in [3.8, 4) is 0 Å². The van der Waals surface area contributed by atoms with Gasteiger partial charge < -0.3 is 10.2 Å². The number of halogens is 1. The average Bonchev–Trinajstić information content (AvgIpc) is 3.21. The minimum Gasteiger partial charge on any atom is -0.351 e. The Labute approximate surface area is 188 Å². The van der Waals surface area contributed by atoms with Crippen LogP contribution in [0.5, 0.6) is 0 Å². The molecule has 1 aromatic carbocycles. The Kier molecular flexibility index (Phi) is 6.11. The molecule has 9 heteroatoms. The second-order valence-corrected chi connectivity index (χ2v) is 9.21. The van der Waals surface area contributed by atoms with Crippen molar-refractivity contribution in [2.75, 3.05) is 0 Å². The molecule has 1 aromatic heterocycles. The smallest absolute Gasteiger partial charge is 0.256 e. The van der Waals surface area contributed by atoms with Gasteiger partial charge >= 0.3 is 0 Å². The van der Waals surface area contributed by atoms with Crippen LogP contribution in [-0.2, 0) is 33.9 Å². The Morgan fingerprint density at radius 3 is 2.90 bits per heavy atom. The van der Waals surface area contributed by atoms with Gasteiger partial charge in [0.15, 0.2) is 0 Å². The zero-order valence-corrected chi connectivity index (χ0v) is 18.6. The van der Waals surface area contributed by atoms with Crippen molar-refractivity contribution < 1.29 is 19.2 Å². The lowest BCUT2D eigenvalue weighted by atomic mass is 10.1. The predicted molar refractivity (Wildman–Crippen MR) is 117 cm³/mol. The number of benzene rings is 1. The molecule has 4 amide bonds. The van der Waals surface area contributed by atoms with Crippen molar-refractivity contribution in [3.63, 3.8) is 0 Å². The number of fused-ring (bicyclic) bond motifs is 1. The molecule has 3 heterocycles. The summed E-state index contributed by atoms with van der Waals surface area (Å²) in [5.74, 6) is -1.06. The lowest BCUT2D eigenvalue weighted by Crippen LogP contribution is -2.47. The molecule has 1 fully saturated rings. The third-order valence-electron chi connectivity index (χ3n) is 5.67. The van der Waals surface area contributed by atoms with Crippen molar-refractivity contribution in [2.45, 2.75) is 51.7 Å². The summed E-state index contributed by atoms with van der Waals surface area (Å²) in [7, 11) is 0. The van der Waals surface area contributed by atoms with E-state index in [0.717, 1.165) is 21.6 Å². The van der Waals surface area contributed by atoms with Gasteiger partial charge in [0, 0.05) is 28.2 Å². The van der Waals surface area contributed by atoms with Crippen LogP contribution in [0.15, 0.2) is 23.6 Å². The summed E-state index contributed by atoms with van der Waals surface area (Å²) in [6, 6.07) is 4.90. The quantitative estimate of drug-likeness (QED) is 0.672. The first-order valence-electron chi connectivity index (χ1n) is 10.1. The lowest BCUT2D eigenvalue weighted by molar-refractivity contribution is -0.132. The molecule has 0 unspecified atom stereocenters. The molecule has 1 atom stereocenters. The number of aryl methyl sites for hydroxylation is 1. The van der Waals surface area contributed by atoms with Crippen molar-refractivity contribution in [2.24, 2.45) is 0 Å². The molecule has 0 saturated carbocycles. The van der Waals surface area contributed by atoms with Gasteiger partial charge in [-0.3, -0.25) is 24.5 Å². The number of imide groups is 1. The molecular weight excluding hydrogens is 438 g/mol. The van der Waals surface area contributed by atoms with Gasteiger partial charge in [0.25, 0.3) is 5.91 Å². The van der Waals surface area contributed by atoms with Crippen molar-refractivity contribution in [1.29, 1.82) is 0 Å². The summed E-state index contributed by atoms with van der Waals surface area (Å²) < 4.78 is 0. The second-order valence-electron chi connectivity index (χ2n) is 7.84. The summed E-state index contributed by atoms with van der Waals surface area (Å²) in [6.07, 6.45) is 1.52. The normalized spacial score (nSPS) is 18.6. The van der Waals surface area contributed by atoms with E-state index in [9.17, 15) is 19.2 Å². The third kappa shape index (κ3) is 4.50. The maximum absolute atomic E-state index is 12.9. The van der Waals surface area contributed by atoms with E-state index in [-0.39, 0.29) is 30.6 Å². The Morgan fingerprint density at radius 1 is 1.32 bits per heavy atom. The van der Waals surface area contributed by atoms with Crippen LogP contribution < -0.4 is 10.6 Å². The highest BCUT2D eigenvalue weighted by Crippen LogP contribution is 2.33. The molecular formula is C22H22ClN3O4S. The highest BCUT2D eigenvalue weighted by atomic mass is 35.5. The minimum absolute atomic E-state index is 0.134. The number of carbonyl (C=O) groups excluding carboxylic acids is 4. The molecule has 2 aliphatic heterocycles. The van der Waals surface area contributed by atoms with Crippen molar-refractivity contribution in [3.05, 3.63) is 55.7 Å². The lowest BCUT2D eigenvalue weighted by Gasteiger charge is -2.25. The van der Waals surface area contributed by atoms with Gasteiger partial charge in [-0.05, 0) is 42.5 Å². The standard InChI is InChI=1S/C22H22ClN3O4S/c1-12-5-6-13(7-16(12)23)8-20(28)24-9-18-14-10-26(22(30)15(14)11-31-18)17-3-2-4-19(27)25-21(17)29/h5-7,11,17H,2-4,8-10H2,1H3,(H,24,28)(H,25,27,29)/t17-/m0/s1. The fourth-order valence-corrected chi connectivity index (χ4v) is 5.09. The van der Waals surface area contributed by atoms with Crippen LogP contribution in [0.1, 0.15) is 51.2 Å². The van der Waals surface area contributed by atoms with E-state index in [0.29, 0.717) is 36.5 Å². The molecule has 2 aliphatic rings. The third-order valence-corrected chi connectivity index (χ3v) is 7.11. The molecule has 7 nitrogen and oxygen atoms in total. The molecule has 0 aliphatic carbocycles. The second kappa shape index (κ2) is 8.80. The van der Waals surface area contributed by atoms with E-state index in [1.807, 2.05) is 19.1 Å². The first-order chi connectivity index (χ1) is 14.8. The average molecular weight is 460 g/mol. The summed E-state index contributed by atoms with van der Waals surface area (Å²) in [4.78, 5) is 51.6. The summed E-state index contributed by atoms with van der Waals surface area (Å²) in [5, 5.41) is 7.67. The van der Waals surface area contributed by atoms with E-state index in [2.05, 4.69) is 10.6 Å². The molecule has 31 heavy (non-hydrogen) atoms. The van der Waals surface area contributed by atoms with E-state index < -0.39 is 11.9 Å². The maximum atomic E-state index is 12.9. The van der Waals surface area contributed by atoms with Crippen LogP contribution in [0.2, 0.25) is 5.02 Å². The SMILES string of the molecule is Cc1ccc(CC(=O)NCc2scc3c2CN([C@H]2CCCC(=O)NC2=O)C3=O)cc1Cl. The molecule has 162 valence electrons. The Morgan fingerprint density at radius 2 is 2.13 bits per heavy atom. The number of nitrogens with zero attached hydrogens (tertiary/aromatic N) is 1. The molecule has 2 N–H and O–H groups in total. The van der Waals surface area contributed by atoms with Crippen LogP contribution in [0.4, 0.5) is 0 Å². The van der Waals surface area contributed by atoms with E-state index in [4.69, 9.17) is 11.6 Å². The number of hydrogen-bond donors (Lipinski definition) is 2. The summed E-state index contributed by atoms with van der Waals surface area (Å²) >= 11 is 7.55. The minimum atomic E-state index is -0.648. The van der Waals surface area contributed by atoms with Gasteiger partial charge in [0.2, 0.25) is 17.7 Å². The fraction of sp³-hybridized carbons (Fsp3) is 0.364. The fourth-order valence-electron chi connectivity index (χ4n) is 3.91. The monoisotopic (exact) mass is 459 g/mol. The Bertz CT molecular complexity index is 1080. The number of carbonyl (C=O) groups is 4. The van der Waals surface area contributed by atoms with E-state index >= 15 is 0 Å². The number of rotatable bonds is 5. The zero-order valence-electron chi connectivity index (χ0n) is 17.0. The van der Waals surface area contributed by atoms with Gasteiger partial charge in [-0.1, -0.05) is 23.7 Å². The van der Waals surface area contributed by atoms with Gasteiger partial charge in [-0.2, -0.15) is 0 Å². The van der Waals surface area contributed by atoms with E-state index in [1.165, 1.54) is 16.2 Å². The number of hydrogen-bond acceptors (Lipinski definition) is 5. The Hall–Kier alpha value is -2.71. The van der Waals surface area contributed by atoms with Gasteiger partial charge in [-0.15, -0.1) is 11.3 Å². The van der Waals surface area contributed by atoms with Crippen molar-refractivity contribution in [1.82, 2.24) is 15.5 Å². The van der Waals surface area contributed by atoms with Crippen LogP contribution in [0, 0.1) is 6.92 Å². The van der Waals surface area contributed by atoms with Gasteiger partial charge in [-0.25, -0.2) is 0 Å². The molecule has 0 spiro atoms.